The molecule has 5 nitrogen and oxygen atoms in total. The molecule has 146 valence electrons. The molecule has 0 radical (unpaired) electrons. The average Bonchev–Trinajstić information content (AvgIpc) is 2.87. The van der Waals surface area contributed by atoms with Gasteiger partial charge in [-0.3, -0.25) is 9.59 Å². The first-order valence-electron chi connectivity index (χ1n) is 9.91. The summed E-state index contributed by atoms with van der Waals surface area (Å²) in [5.41, 5.74) is 1.76. The van der Waals surface area contributed by atoms with Crippen molar-refractivity contribution in [1.82, 2.24) is 0 Å². The number of hydrogen-bond donors (Lipinski definition) is 0. The lowest BCUT2D eigenvalue weighted by atomic mass is 9.47. The highest BCUT2D eigenvalue weighted by Crippen LogP contribution is 2.62. The van der Waals surface area contributed by atoms with Crippen LogP contribution in [0.3, 0.4) is 0 Å². The van der Waals surface area contributed by atoms with E-state index in [9.17, 15) is 14.4 Å². The van der Waals surface area contributed by atoms with Crippen LogP contribution >= 0.6 is 0 Å². The monoisotopic (exact) mass is 372 g/mol. The van der Waals surface area contributed by atoms with Crippen LogP contribution in [0.4, 0.5) is 0 Å². The number of carbonyl (C=O) groups is 3. The van der Waals surface area contributed by atoms with E-state index in [1.54, 1.807) is 0 Å². The van der Waals surface area contributed by atoms with Crippen LogP contribution in [0.2, 0.25) is 0 Å². The Morgan fingerprint density at radius 1 is 1.22 bits per heavy atom. The zero-order valence-corrected chi connectivity index (χ0v) is 16.6. The minimum atomic E-state index is -0.512. The highest BCUT2D eigenvalue weighted by molar-refractivity contribution is 6.02. The van der Waals surface area contributed by atoms with Gasteiger partial charge in [0.15, 0.2) is 5.78 Å². The summed E-state index contributed by atoms with van der Waals surface area (Å²) < 4.78 is 11.4. The van der Waals surface area contributed by atoms with Crippen molar-refractivity contribution in [2.24, 2.45) is 22.7 Å². The summed E-state index contributed by atoms with van der Waals surface area (Å²) in [4.78, 5) is 37.1. The molecule has 0 aromatic rings. The van der Waals surface area contributed by atoms with Gasteiger partial charge in [0, 0.05) is 35.8 Å². The predicted molar refractivity (Wildman–Crippen MR) is 98.6 cm³/mol. The van der Waals surface area contributed by atoms with Crippen LogP contribution in [0.25, 0.3) is 0 Å². The van der Waals surface area contributed by atoms with Gasteiger partial charge in [-0.2, -0.15) is 0 Å². The molecule has 0 bridgehead atoms. The molecule has 5 atom stereocenters. The van der Waals surface area contributed by atoms with Crippen LogP contribution < -0.4 is 0 Å². The van der Waals surface area contributed by atoms with Gasteiger partial charge >= 0.3 is 11.9 Å². The molecule has 5 heteroatoms. The average molecular weight is 372 g/mol. The number of carbonyl (C=O) groups excluding carboxylic acids is 3. The maximum atomic E-state index is 13.2. The van der Waals surface area contributed by atoms with Crippen molar-refractivity contribution in [2.45, 2.75) is 72.0 Å². The second kappa shape index (κ2) is 5.79. The molecule has 1 saturated carbocycles. The fraction of sp³-hybridized carbons (Fsp3) is 0.682. The summed E-state index contributed by atoms with van der Waals surface area (Å²) in [7, 11) is 0. The highest BCUT2D eigenvalue weighted by Gasteiger charge is 2.61. The number of fused-ring (bicyclic) bond motifs is 4. The molecule has 0 amide bonds. The topological polar surface area (TPSA) is 69.7 Å². The van der Waals surface area contributed by atoms with E-state index in [1.165, 1.54) is 6.92 Å². The summed E-state index contributed by atoms with van der Waals surface area (Å²) in [5, 5.41) is 0. The van der Waals surface area contributed by atoms with E-state index in [-0.39, 0.29) is 41.1 Å². The van der Waals surface area contributed by atoms with Gasteiger partial charge in [-0.1, -0.05) is 27.4 Å². The Kier molecular flexibility index (Phi) is 3.96. The fourth-order valence-corrected chi connectivity index (χ4v) is 6.27. The van der Waals surface area contributed by atoms with Crippen molar-refractivity contribution in [3.05, 3.63) is 23.3 Å². The van der Waals surface area contributed by atoms with Crippen LogP contribution in [0.15, 0.2) is 23.3 Å². The van der Waals surface area contributed by atoms with E-state index in [1.807, 2.05) is 0 Å². The Morgan fingerprint density at radius 2 is 1.93 bits per heavy atom. The molecule has 1 saturated heterocycles. The van der Waals surface area contributed by atoms with Crippen molar-refractivity contribution in [2.75, 3.05) is 0 Å². The van der Waals surface area contributed by atoms with E-state index >= 15 is 0 Å². The Labute approximate surface area is 160 Å². The molecule has 27 heavy (non-hydrogen) atoms. The third-order valence-electron chi connectivity index (χ3n) is 7.66. The smallest absolute Gasteiger partial charge is 0.334 e. The minimum absolute atomic E-state index is 0.0214. The van der Waals surface area contributed by atoms with Crippen molar-refractivity contribution < 1.29 is 23.9 Å². The molecule has 0 spiro atoms. The molecule has 4 aliphatic rings. The molecule has 0 aromatic carbocycles. The number of ketones is 1. The van der Waals surface area contributed by atoms with E-state index in [0.29, 0.717) is 17.6 Å². The molecule has 2 fully saturated rings. The standard InChI is InChI=1S/C22H28O5/c1-11-13-6-7-14-18(19(13)27-20(11)25)15(24)10-16-21(3,4)9-8-17(22(14,16)5)26-12(2)23/h13,16-17,19H,1,6-10H2,2-5H3/t13-,16+,17+,19+,22-/m0/s1. The number of hydrogen-bond acceptors (Lipinski definition) is 5. The lowest BCUT2D eigenvalue weighted by Gasteiger charge is -2.58. The zero-order valence-electron chi connectivity index (χ0n) is 16.6. The third-order valence-corrected chi connectivity index (χ3v) is 7.66. The van der Waals surface area contributed by atoms with Gasteiger partial charge in [0.05, 0.1) is 0 Å². The number of Topliss-reactive ketones (excluding diaryl/α,β-unsaturated/α-hetero) is 1. The lowest BCUT2D eigenvalue weighted by Crippen LogP contribution is -2.57. The van der Waals surface area contributed by atoms with Crippen molar-refractivity contribution in [3.63, 3.8) is 0 Å². The predicted octanol–water partition coefficient (Wildman–Crippen LogP) is 3.52. The molecule has 1 aliphatic heterocycles. The van der Waals surface area contributed by atoms with Crippen LogP contribution in [0.1, 0.15) is 59.8 Å². The molecule has 0 aromatic heterocycles. The maximum Gasteiger partial charge on any atom is 0.334 e. The van der Waals surface area contributed by atoms with Crippen LogP contribution in [-0.2, 0) is 23.9 Å². The molecular weight excluding hydrogens is 344 g/mol. The van der Waals surface area contributed by atoms with Crippen LogP contribution in [-0.4, -0.2) is 29.9 Å². The lowest BCUT2D eigenvalue weighted by molar-refractivity contribution is -0.167. The van der Waals surface area contributed by atoms with Crippen molar-refractivity contribution in [1.29, 1.82) is 0 Å². The summed E-state index contributed by atoms with van der Waals surface area (Å²) >= 11 is 0. The molecule has 0 N–H and O–H groups in total. The first-order valence-corrected chi connectivity index (χ1v) is 9.91. The number of rotatable bonds is 1. The first kappa shape index (κ1) is 18.5. The molecule has 1 heterocycles. The van der Waals surface area contributed by atoms with Gasteiger partial charge in [-0.15, -0.1) is 0 Å². The van der Waals surface area contributed by atoms with Crippen molar-refractivity contribution in [3.8, 4) is 0 Å². The Hall–Kier alpha value is -1.91. The van der Waals surface area contributed by atoms with Gasteiger partial charge in [-0.25, -0.2) is 4.79 Å². The van der Waals surface area contributed by atoms with E-state index in [2.05, 4.69) is 27.4 Å². The van der Waals surface area contributed by atoms with E-state index < -0.39 is 11.5 Å². The van der Waals surface area contributed by atoms with Crippen LogP contribution in [0.5, 0.6) is 0 Å². The molecule has 4 rings (SSSR count). The Bertz CT molecular complexity index is 789. The minimum Gasteiger partial charge on any atom is -0.462 e. The molecule has 3 aliphatic carbocycles. The van der Waals surface area contributed by atoms with Gasteiger partial charge < -0.3 is 9.47 Å². The Morgan fingerprint density at radius 3 is 2.59 bits per heavy atom. The van der Waals surface area contributed by atoms with Crippen molar-refractivity contribution >= 4 is 17.7 Å². The van der Waals surface area contributed by atoms with Gasteiger partial charge in [-0.05, 0) is 42.6 Å². The van der Waals surface area contributed by atoms with Gasteiger partial charge in [0.1, 0.15) is 12.2 Å². The first-order chi connectivity index (χ1) is 12.6. The largest absolute Gasteiger partial charge is 0.462 e. The number of ether oxygens (including phenoxy) is 2. The molecule has 0 unspecified atom stereocenters. The second-order valence-electron chi connectivity index (χ2n) is 9.48. The molecular formula is C22H28O5. The maximum absolute atomic E-state index is 13.2. The van der Waals surface area contributed by atoms with E-state index in [0.717, 1.165) is 31.3 Å². The summed E-state index contributed by atoms with van der Waals surface area (Å²) in [6.45, 7) is 11.9. The highest BCUT2D eigenvalue weighted by atomic mass is 16.6. The Balaban J connectivity index is 1.86. The van der Waals surface area contributed by atoms with Gasteiger partial charge in [0.25, 0.3) is 0 Å². The summed E-state index contributed by atoms with van der Waals surface area (Å²) in [5.74, 6) is -0.594. The normalized spacial score (nSPS) is 40.1. The summed E-state index contributed by atoms with van der Waals surface area (Å²) in [6, 6.07) is 0. The third kappa shape index (κ3) is 2.46. The quantitative estimate of drug-likeness (QED) is 0.520. The summed E-state index contributed by atoms with van der Waals surface area (Å²) in [6.07, 6.45) is 2.82. The fourth-order valence-electron chi connectivity index (χ4n) is 6.27. The van der Waals surface area contributed by atoms with E-state index in [4.69, 9.17) is 9.47 Å². The number of esters is 2. The second-order valence-corrected chi connectivity index (χ2v) is 9.48. The zero-order chi connectivity index (χ0) is 19.7. The van der Waals surface area contributed by atoms with Crippen LogP contribution in [0, 0.1) is 22.7 Å². The van der Waals surface area contributed by atoms with Gasteiger partial charge in [0.2, 0.25) is 0 Å². The SMILES string of the molecule is C=C1C(=O)O[C@H]2C3=C(CC[C@@H]12)[C@@]1(C)[C@H](CC3=O)C(C)(C)CC[C@H]1OC(C)=O.